The normalized spacial score (nSPS) is 9.69. The van der Waals surface area contributed by atoms with Crippen molar-refractivity contribution in [3.05, 3.63) is 29.3 Å². The number of likely N-dealkylation sites (N-methyl/N-ethyl adjacent to an activating group) is 1. The van der Waals surface area contributed by atoms with Gasteiger partial charge in [0.05, 0.1) is 0 Å². The maximum absolute atomic E-state index is 11.5. The Morgan fingerprint density at radius 3 is 2.38 bits per heavy atom. The zero-order valence-electron chi connectivity index (χ0n) is 9.07. The van der Waals surface area contributed by atoms with Gasteiger partial charge in [-0.2, -0.15) is 0 Å². The first-order valence-corrected chi connectivity index (χ1v) is 5.04. The van der Waals surface area contributed by atoms with Crippen LogP contribution in [-0.2, 0) is 14.3 Å². The topological polar surface area (TPSA) is 46.6 Å². The Morgan fingerprint density at radius 2 is 1.88 bits per heavy atom. The van der Waals surface area contributed by atoms with Crippen LogP contribution >= 0.6 is 11.6 Å². The molecule has 0 aromatic heterocycles. The lowest BCUT2D eigenvalue weighted by Crippen LogP contribution is -2.30. The number of esters is 1. The summed E-state index contributed by atoms with van der Waals surface area (Å²) in [5.74, 6) is -0.768. The summed E-state index contributed by atoms with van der Waals surface area (Å²) in [6.45, 7) is 1.00. The number of ether oxygens (including phenoxy) is 1. The zero-order valence-corrected chi connectivity index (χ0v) is 9.82. The van der Waals surface area contributed by atoms with Gasteiger partial charge in [0.2, 0.25) is 0 Å². The Morgan fingerprint density at radius 1 is 1.31 bits per heavy atom. The van der Waals surface area contributed by atoms with E-state index in [9.17, 15) is 9.59 Å². The van der Waals surface area contributed by atoms with Crippen LogP contribution in [0, 0.1) is 0 Å². The first-order valence-electron chi connectivity index (χ1n) is 4.66. The molecule has 1 aromatic carbocycles. The van der Waals surface area contributed by atoms with E-state index in [0.717, 1.165) is 0 Å². The largest absolute Gasteiger partial charge is 0.456 e. The van der Waals surface area contributed by atoms with E-state index < -0.39 is 5.97 Å². The van der Waals surface area contributed by atoms with Crippen molar-refractivity contribution in [2.24, 2.45) is 0 Å². The summed E-state index contributed by atoms with van der Waals surface area (Å²) in [5, 5.41) is 0.601. The van der Waals surface area contributed by atoms with E-state index in [2.05, 4.69) is 4.74 Å². The molecule has 0 saturated heterocycles. The molecule has 0 aliphatic rings. The van der Waals surface area contributed by atoms with Crippen LogP contribution in [0.2, 0.25) is 5.02 Å². The number of rotatable bonds is 3. The molecule has 0 atom stereocenters. The summed E-state index contributed by atoms with van der Waals surface area (Å²) >= 11 is 5.73. The Bertz CT molecular complexity index is 389. The van der Waals surface area contributed by atoms with Crippen molar-refractivity contribution in [2.75, 3.05) is 18.6 Å². The van der Waals surface area contributed by atoms with Gasteiger partial charge in [0.1, 0.15) is 0 Å². The van der Waals surface area contributed by atoms with Crippen LogP contribution in [0.15, 0.2) is 24.3 Å². The molecule has 1 amide bonds. The van der Waals surface area contributed by atoms with Crippen LogP contribution in [0.4, 0.5) is 5.69 Å². The summed E-state index contributed by atoms with van der Waals surface area (Å²) in [6.07, 6.45) is 0. The molecule has 0 aliphatic carbocycles. The van der Waals surface area contributed by atoms with Crippen LogP contribution < -0.4 is 4.90 Å². The number of anilines is 1. The van der Waals surface area contributed by atoms with Gasteiger partial charge >= 0.3 is 5.97 Å². The van der Waals surface area contributed by atoms with Gasteiger partial charge in [0.25, 0.3) is 5.91 Å². The van der Waals surface area contributed by atoms with Gasteiger partial charge in [-0.05, 0) is 24.3 Å². The van der Waals surface area contributed by atoms with Crippen LogP contribution in [0.5, 0.6) is 0 Å². The van der Waals surface area contributed by atoms with E-state index >= 15 is 0 Å². The maximum Gasteiger partial charge on any atom is 0.303 e. The minimum Gasteiger partial charge on any atom is -0.456 e. The molecule has 0 unspecified atom stereocenters. The Hall–Kier alpha value is -1.55. The highest BCUT2D eigenvalue weighted by molar-refractivity contribution is 6.30. The highest BCUT2D eigenvalue weighted by Crippen LogP contribution is 2.16. The number of hydrogen-bond acceptors (Lipinski definition) is 3. The summed E-state index contributed by atoms with van der Waals surface area (Å²) in [7, 11) is 1.61. The maximum atomic E-state index is 11.5. The molecule has 0 bridgehead atoms. The van der Waals surface area contributed by atoms with E-state index in [1.54, 1.807) is 31.3 Å². The number of nitrogens with zero attached hydrogens (tertiary/aromatic N) is 1. The second kappa shape index (κ2) is 5.51. The Kier molecular flexibility index (Phi) is 4.31. The molecule has 0 heterocycles. The number of halogens is 1. The summed E-state index contributed by atoms with van der Waals surface area (Å²) < 4.78 is 4.61. The van der Waals surface area contributed by atoms with Crippen LogP contribution in [0.1, 0.15) is 6.92 Å². The number of benzene rings is 1. The smallest absolute Gasteiger partial charge is 0.303 e. The highest BCUT2D eigenvalue weighted by atomic mass is 35.5. The molecule has 86 valence electrons. The van der Waals surface area contributed by atoms with Crippen molar-refractivity contribution in [1.29, 1.82) is 0 Å². The fraction of sp³-hybridized carbons (Fsp3) is 0.273. The lowest BCUT2D eigenvalue weighted by Gasteiger charge is -2.16. The van der Waals surface area contributed by atoms with Gasteiger partial charge in [0, 0.05) is 24.7 Å². The Labute approximate surface area is 98.8 Å². The molecule has 16 heavy (non-hydrogen) atoms. The van der Waals surface area contributed by atoms with Gasteiger partial charge in [-0.1, -0.05) is 11.6 Å². The van der Waals surface area contributed by atoms with Crippen molar-refractivity contribution in [3.8, 4) is 0 Å². The van der Waals surface area contributed by atoms with Crippen molar-refractivity contribution in [1.82, 2.24) is 0 Å². The molecule has 4 nitrogen and oxygen atoms in total. The van der Waals surface area contributed by atoms with Gasteiger partial charge in [-0.3, -0.25) is 9.59 Å². The minimum absolute atomic E-state index is 0.255. The van der Waals surface area contributed by atoms with E-state index in [0.29, 0.717) is 10.7 Å². The van der Waals surface area contributed by atoms with Crippen molar-refractivity contribution in [3.63, 3.8) is 0 Å². The number of amides is 1. The molecule has 0 saturated carbocycles. The van der Waals surface area contributed by atoms with Gasteiger partial charge in [-0.15, -0.1) is 0 Å². The van der Waals surface area contributed by atoms with Crippen molar-refractivity contribution in [2.45, 2.75) is 6.92 Å². The molecule has 0 spiro atoms. The fourth-order valence-corrected chi connectivity index (χ4v) is 1.19. The predicted molar refractivity (Wildman–Crippen MR) is 61.5 cm³/mol. The highest BCUT2D eigenvalue weighted by Gasteiger charge is 2.11. The van der Waals surface area contributed by atoms with Gasteiger partial charge in [-0.25, -0.2) is 0 Å². The molecule has 5 heteroatoms. The molecule has 0 radical (unpaired) electrons. The van der Waals surface area contributed by atoms with Gasteiger partial charge in [0.15, 0.2) is 6.61 Å². The zero-order chi connectivity index (χ0) is 12.1. The fourth-order valence-electron chi connectivity index (χ4n) is 1.07. The molecular formula is C11H12ClNO3. The monoisotopic (exact) mass is 241 g/mol. The molecule has 0 fully saturated rings. The van der Waals surface area contributed by atoms with Gasteiger partial charge < -0.3 is 9.64 Å². The molecule has 0 aliphatic heterocycles. The van der Waals surface area contributed by atoms with E-state index in [1.807, 2.05) is 0 Å². The van der Waals surface area contributed by atoms with E-state index in [4.69, 9.17) is 11.6 Å². The van der Waals surface area contributed by atoms with Crippen molar-refractivity contribution < 1.29 is 14.3 Å². The molecule has 1 aromatic rings. The van der Waals surface area contributed by atoms with Crippen LogP contribution in [-0.4, -0.2) is 25.5 Å². The van der Waals surface area contributed by atoms with E-state index in [1.165, 1.54) is 11.8 Å². The number of carbonyl (C=O) groups excluding carboxylic acids is 2. The van der Waals surface area contributed by atoms with Crippen molar-refractivity contribution >= 4 is 29.2 Å². The summed E-state index contributed by atoms with van der Waals surface area (Å²) in [4.78, 5) is 23.5. The Balaban J connectivity index is 2.63. The number of hydrogen-bond donors (Lipinski definition) is 0. The standard InChI is InChI=1S/C11H12ClNO3/c1-8(14)16-7-11(15)13(2)10-5-3-9(12)4-6-10/h3-6H,7H2,1-2H3. The second-order valence-electron chi connectivity index (χ2n) is 3.21. The minimum atomic E-state index is -0.474. The average Bonchev–Trinajstić information content (AvgIpc) is 2.26. The molecule has 1 rings (SSSR count). The number of carbonyl (C=O) groups is 2. The lowest BCUT2D eigenvalue weighted by molar-refractivity contribution is -0.145. The quantitative estimate of drug-likeness (QED) is 0.759. The summed E-state index contributed by atoms with van der Waals surface area (Å²) in [6, 6.07) is 6.81. The lowest BCUT2D eigenvalue weighted by atomic mass is 10.3. The summed E-state index contributed by atoms with van der Waals surface area (Å²) in [5.41, 5.74) is 0.696. The predicted octanol–water partition coefficient (Wildman–Crippen LogP) is 1.87. The third-order valence-electron chi connectivity index (χ3n) is 1.99. The SMILES string of the molecule is CC(=O)OCC(=O)N(C)c1ccc(Cl)cc1. The van der Waals surface area contributed by atoms with Crippen LogP contribution in [0.3, 0.4) is 0 Å². The van der Waals surface area contributed by atoms with Crippen LogP contribution in [0.25, 0.3) is 0 Å². The third-order valence-corrected chi connectivity index (χ3v) is 2.24. The molecule has 0 N–H and O–H groups in total. The molecular weight excluding hydrogens is 230 g/mol. The van der Waals surface area contributed by atoms with E-state index in [-0.39, 0.29) is 12.5 Å². The third kappa shape index (κ3) is 3.55. The average molecular weight is 242 g/mol. The first kappa shape index (κ1) is 12.5. The first-order chi connectivity index (χ1) is 7.50. The second-order valence-corrected chi connectivity index (χ2v) is 3.65.